The molecule has 0 radical (unpaired) electrons. The zero-order valence-corrected chi connectivity index (χ0v) is 17.4. The first-order valence-corrected chi connectivity index (χ1v) is 10.0. The van der Waals surface area contributed by atoms with E-state index in [1.54, 1.807) is 25.4 Å². The minimum absolute atomic E-state index is 0.0577. The molecular weight excluding hydrogens is 401 g/mol. The van der Waals surface area contributed by atoms with E-state index in [9.17, 15) is 4.79 Å². The van der Waals surface area contributed by atoms with Crippen molar-refractivity contribution in [2.45, 2.75) is 31.6 Å². The average molecular weight is 425 g/mol. The highest BCUT2D eigenvalue weighted by Gasteiger charge is 2.28. The van der Waals surface area contributed by atoms with E-state index < -0.39 is 0 Å². The van der Waals surface area contributed by atoms with Gasteiger partial charge in [-0.05, 0) is 49.3 Å². The van der Waals surface area contributed by atoms with Crippen LogP contribution in [0.15, 0.2) is 31.0 Å². The lowest BCUT2D eigenvalue weighted by molar-refractivity contribution is -0.111. The van der Waals surface area contributed by atoms with Crippen LogP contribution in [0.25, 0.3) is 11.4 Å². The second-order valence-electron chi connectivity index (χ2n) is 7.40. The summed E-state index contributed by atoms with van der Waals surface area (Å²) < 4.78 is 25.6. The predicted molar refractivity (Wildman–Crippen MR) is 114 cm³/mol. The molecule has 0 spiro atoms. The molecule has 1 aromatic carbocycles. The highest BCUT2D eigenvalue weighted by molar-refractivity contribution is 6.01. The van der Waals surface area contributed by atoms with Crippen molar-refractivity contribution in [1.82, 2.24) is 20.4 Å². The molecule has 3 N–H and O–H groups in total. The Morgan fingerprint density at radius 2 is 2.13 bits per heavy atom. The van der Waals surface area contributed by atoms with Crippen molar-refractivity contribution in [1.29, 1.82) is 0 Å². The normalized spacial score (nSPS) is 15.6. The first-order valence-electron chi connectivity index (χ1n) is 10.0. The summed E-state index contributed by atoms with van der Waals surface area (Å²) in [5, 5.41) is 17.4. The first-order chi connectivity index (χ1) is 15.0. The highest BCUT2D eigenvalue weighted by Crippen LogP contribution is 2.39. The first kappa shape index (κ1) is 20.6. The zero-order valence-electron chi connectivity index (χ0n) is 17.4. The van der Waals surface area contributed by atoms with E-state index in [-0.39, 0.29) is 23.4 Å². The summed E-state index contributed by atoms with van der Waals surface area (Å²) in [4.78, 5) is 11.7. The molecule has 1 atom stereocenters. The van der Waals surface area contributed by atoms with Crippen molar-refractivity contribution in [2.75, 3.05) is 19.5 Å². The number of aromatic nitrogens is 4. The number of ether oxygens (including phenoxy) is 2. The van der Waals surface area contributed by atoms with Crippen molar-refractivity contribution in [3.05, 3.63) is 53.6 Å². The summed E-state index contributed by atoms with van der Waals surface area (Å²) in [6, 6.07) is 3.29. The maximum absolute atomic E-state index is 15.1. The topological polar surface area (TPSA) is 105 Å². The Kier molecular flexibility index (Phi) is 5.75. The van der Waals surface area contributed by atoms with Crippen LogP contribution in [0.1, 0.15) is 35.6 Å². The molecular formula is C22H24FN5O3. The Hall–Kier alpha value is -3.62. The van der Waals surface area contributed by atoms with Gasteiger partial charge in [-0.1, -0.05) is 6.58 Å². The van der Waals surface area contributed by atoms with Crippen molar-refractivity contribution in [3.63, 3.8) is 0 Å². The number of carbonyl (C=O) groups excluding carboxylic acids is 1. The molecule has 0 aliphatic heterocycles. The molecule has 0 saturated heterocycles. The van der Waals surface area contributed by atoms with E-state index in [1.807, 2.05) is 0 Å². The second kappa shape index (κ2) is 8.63. The Morgan fingerprint density at radius 1 is 1.29 bits per heavy atom. The van der Waals surface area contributed by atoms with Crippen LogP contribution in [0.2, 0.25) is 0 Å². The lowest BCUT2D eigenvalue weighted by atomic mass is 9.90. The fourth-order valence-corrected chi connectivity index (χ4v) is 4.08. The summed E-state index contributed by atoms with van der Waals surface area (Å²) >= 11 is 0. The molecule has 8 nitrogen and oxygen atoms in total. The Labute approximate surface area is 178 Å². The monoisotopic (exact) mass is 425 g/mol. The van der Waals surface area contributed by atoms with Gasteiger partial charge < -0.3 is 14.8 Å². The summed E-state index contributed by atoms with van der Waals surface area (Å²) in [6.45, 7) is 3.47. The van der Waals surface area contributed by atoms with E-state index in [1.165, 1.54) is 13.2 Å². The summed E-state index contributed by atoms with van der Waals surface area (Å²) in [5.74, 6) is -0.0203. The molecule has 1 amide bonds. The van der Waals surface area contributed by atoms with Crippen molar-refractivity contribution < 1.29 is 18.7 Å². The minimum atomic E-state index is -0.363. The van der Waals surface area contributed by atoms with Crippen molar-refractivity contribution in [2.24, 2.45) is 0 Å². The number of carbonyl (C=O) groups is 1. The van der Waals surface area contributed by atoms with Gasteiger partial charge in [0.1, 0.15) is 17.1 Å². The number of methoxy groups -OCH3 is 2. The number of rotatable bonds is 6. The van der Waals surface area contributed by atoms with Gasteiger partial charge in [0.25, 0.3) is 0 Å². The van der Waals surface area contributed by atoms with Crippen molar-refractivity contribution in [3.8, 4) is 22.9 Å². The molecule has 1 aliphatic carbocycles. The molecule has 31 heavy (non-hydrogen) atoms. The number of hydrogen-bond acceptors (Lipinski definition) is 5. The molecule has 2 heterocycles. The number of H-pyrrole nitrogens is 2. The molecule has 9 heteroatoms. The van der Waals surface area contributed by atoms with Crippen LogP contribution in [0.4, 0.5) is 10.1 Å². The van der Waals surface area contributed by atoms with Gasteiger partial charge in [-0.25, -0.2) is 4.39 Å². The standard InChI is InChI=1S/C22H24FN5O3/c1-4-19(29)25-17-11-24-27-22(17)21-14-7-5-6-12(8-16(14)26-28-21)15-9-13(30-2)10-18(31-3)20(15)23/h4,9-12H,1,5-8H2,2-3H3,(H,24,27)(H,25,29)(H,26,28). The molecule has 0 bridgehead atoms. The van der Waals surface area contributed by atoms with E-state index in [4.69, 9.17) is 9.47 Å². The highest BCUT2D eigenvalue weighted by atomic mass is 19.1. The third kappa shape index (κ3) is 3.90. The minimum Gasteiger partial charge on any atom is -0.497 e. The molecule has 0 saturated carbocycles. The Bertz CT molecular complexity index is 1120. The quantitative estimate of drug-likeness (QED) is 0.412. The molecule has 1 unspecified atom stereocenters. The smallest absolute Gasteiger partial charge is 0.247 e. The van der Waals surface area contributed by atoms with E-state index in [0.717, 1.165) is 30.5 Å². The number of fused-ring (bicyclic) bond motifs is 1. The van der Waals surface area contributed by atoms with Gasteiger partial charge in [-0.3, -0.25) is 15.0 Å². The van der Waals surface area contributed by atoms with Crippen LogP contribution in [-0.4, -0.2) is 40.5 Å². The van der Waals surface area contributed by atoms with Crippen LogP contribution >= 0.6 is 0 Å². The second-order valence-corrected chi connectivity index (χ2v) is 7.40. The maximum atomic E-state index is 15.1. The lowest BCUT2D eigenvalue weighted by Gasteiger charge is -2.18. The SMILES string of the molecule is C=CC(=O)Nc1c[nH]nc1-c1n[nH]c2c1CCCC(c1cc(OC)cc(OC)c1F)C2. The number of benzene rings is 1. The van der Waals surface area contributed by atoms with Crippen LogP contribution in [0.3, 0.4) is 0 Å². The van der Waals surface area contributed by atoms with Gasteiger partial charge in [0.2, 0.25) is 5.91 Å². The fraction of sp³-hybridized carbons (Fsp3) is 0.318. The molecule has 162 valence electrons. The van der Waals surface area contributed by atoms with Gasteiger partial charge in [0, 0.05) is 23.5 Å². The number of amides is 1. The molecule has 4 rings (SSSR count). The maximum Gasteiger partial charge on any atom is 0.247 e. The van der Waals surface area contributed by atoms with Gasteiger partial charge in [0.05, 0.1) is 19.9 Å². The van der Waals surface area contributed by atoms with E-state index >= 15 is 4.39 Å². The van der Waals surface area contributed by atoms with Crippen LogP contribution in [-0.2, 0) is 17.6 Å². The number of hydrogen-bond donors (Lipinski definition) is 3. The lowest BCUT2D eigenvalue weighted by Crippen LogP contribution is -2.07. The number of nitrogens with zero attached hydrogens (tertiary/aromatic N) is 2. The van der Waals surface area contributed by atoms with Gasteiger partial charge in [-0.15, -0.1) is 0 Å². The van der Waals surface area contributed by atoms with Crippen molar-refractivity contribution >= 4 is 11.6 Å². The van der Waals surface area contributed by atoms with Gasteiger partial charge in [-0.2, -0.15) is 10.2 Å². The van der Waals surface area contributed by atoms with Gasteiger partial charge in [0.15, 0.2) is 11.6 Å². The summed E-state index contributed by atoms with van der Waals surface area (Å²) in [6.07, 6.45) is 5.81. The van der Waals surface area contributed by atoms with Crippen LogP contribution in [0.5, 0.6) is 11.5 Å². The summed E-state index contributed by atoms with van der Waals surface area (Å²) in [7, 11) is 3.00. The molecule has 3 aromatic rings. The third-order valence-corrected chi connectivity index (χ3v) is 5.63. The molecule has 0 fully saturated rings. The van der Waals surface area contributed by atoms with Gasteiger partial charge >= 0.3 is 0 Å². The largest absolute Gasteiger partial charge is 0.497 e. The van der Waals surface area contributed by atoms with E-state index in [0.29, 0.717) is 34.8 Å². The fourth-order valence-electron chi connectivity index (χ4n) is 4.08. The van der Waals surface area contributed by atoms with E-state index in [2.05, 4.69) is 32.3 Å². The third-order valence-electron chi connectivity index (χ3n) is 5.63. The molecule has 1 aliphatic rings. The Morgan fingerprint density at radius 3 is 2.87 bits per heavy atom. The summed E-state index contributed by atoms with van der Waals surface area (Å²) in [5.41, 5.74) is 4.30. The zero-order chi connectivity index (χ0) is 22.0. The number of nitrogens with one attached hydrogen (secondary N) is 3. The predicted octanol–water partition coefficient (Wildman–Crippen LogP) is 3.74. The average Bonchev–Trinajstić information content (AvgIpc) is 3.33. The Balaban J connectivity index is 1.68. The molecule has 2 aromatic heterocycles. The number of halogens is 1. The van der Waals surface area contributed by atoms with Crippen LogP contribution in [0, 0.1) is 5.82 Å². The van der Waals surface area contributed by atoms with Crippen LogP contribution < -0.4 is 14.8 Å². The number of aromatic amines is 2. The number of anilines is 1.